The second-order valence-electron chi connectivity index (χ2n) is 7.05. The van der Waals surface area contributed by atoms with E-state index < -0.39 is 5.91 Å². The Balaban J connectivity index is 2.15. The summed E-state index contributed by atoms with van der Waals surface area (Å²) in [5, 5.41) is 12.1. The van der Waals surface area contributed by atoms with E-state index in [9.17, 15) is 10.1 Å². The van der Waals surface area contributed by atoms with Gasteiger partial charge in [-0.15, -0.1) is 0 Å². The summed E-state index contributed by atoms with van der Waals surface area (Å²) in [6.07, 6.45) is 2.56. The summed E-state index contributed by atoms with van der Waals surface area (Å²) in [6, 6.07) is 17.6. The lowest BCUT2D eigenvalue weighted by atomic mass is 9.86. The summed E-state index contributed by atoms with van der Waals surface area (Å²) < 4.78 is 0. The van der Waals surface area contributed by atoms with Crippen LogP contribution in [0.4, 0.5) is 5.69 Å². The van der Waals surface area contributed by atoms with Crippen LogP contribution in [0.3, 0.4) is 0 Å². The molecule has 1 N–H and O–H groups in total. The van der Waals surface area contributed by atoms with Crippen LogP contribution in [0.25, 0.3) is 6.08 Å². The van der Waals surface area contributed by atoms with Gasteiger partial charge in [0, 0.05) is 5.69 Å². The van der Waals surface area contributed by atoms with Crippen molar-refractivity contribution in [2.75, 3.05) is 5.32 Å². The van der Waals surface area contributed by atoms with Crippen molar-refractivity contribution in [2.24, 2.45) is 0 Å². The van der Waals surface area contributed by atoms with Gasteiger partial charge < -0.3 is 5.32 Å². The number of nitrogens with zero attached hydrogens (tertiary/aromatic N) is 1. The van der Waals surface area contributed by atoms with Gasteiger partial charge in [0.15, 0.2) is 0 Å². The third kappa shape index (κ3) is 5.06. The fourth-order valence-electron chi connectivity index (χ4n) is 2.42. The van der Waals surface area contributed by atoms with Crippen molar-refractivity contribution in [1.29, 1.82) is 5.26 Å². The predicted octanol–water partition coefficient (Wildman–Crippen LogP) is 5.09. The van der Waals surface area contributed by atoms with Gasteiger partial charge in [0.25, 0.3) is 5.91 Å². The molecule has 3 nitrogen and oxygen atoms in total. The van der Waals surface area contributed by atoms with E-state index >= 15 is 0 Å². The number of rotatable bonds is 4. The molecule has 128 valence electrons. The van der Waals surface area contributed by atoms with Crippen LogP contribution in [-0.2, 0) is 16.6 Å². The molecule has 0 bridgehead atoms. The number of hydrogen-bond donors (Lipinski definition) is 1. The first kappa shape index (κ1) is 18.5. The van der Waals surface area contributed by atoms with Crippen LogP contribution in [0.2, 0.25) is 0 Å². The first-order chi connectivity index (χ1) is 11.8. The molecule has 0 aliphatic heterocycles. The Morgan fingerprint density at radius 3 is 2.16 bits per heavy atom. The maximum Gasteiger partial charge on any atom is 0.266 e. The summed E-state index contributed by atoms with van der Waals surface area (Å²) in [7, 11) is 0. The average molecular weight is 332 g/mol. The smallest absolute Gasteiger partial charge is 0.266 e. The number of benzene rings is 2. The molecule has 0 saturated heterocycles. The van der Waals surface area contributed by atoms with Gasteiger partial charge in [-0.05, 0) is 46.7 Å². The van der Waals surface area contributed by atoms with Crippen molar-refractivity contribution < 1.29 is 4.79 Å². The Labute approximate surface area is 150 Å². The number of nitriles is 1. The number of hydrogen-bond acceptors (Lipinski definition) is 2. The predicted molar refractivity (Wildman–Crippen MR) is 103 cm³/mol. The zero-order valence-corrected chi connectivity index (χ0v) is 15.3. The molecule has 0 saturated carbocycles. The van der Waals surface area contributed by atoms with Crippen molar-refractivity contribution in [2.45, 2.75) is 39.5 Å². The van der Waals surface area contributed by atoms with Crippen molar-refractivity contribution in [3.8, 4) is 6.07 Å². The summed E-state index contributed by atoms with van der Waals surface area (Å²) >= 11 is 0. The van der Waals surface area contributed by atoms with E-state index in [0.717, 1.165) is 12.0 Å². The van der Waals surface area contributed by atoms with E-state index in [0.29, 0.717) is 5.69 Å². The van der Waals surface area contributed by atoms with Gasteiger partial charge >= 0.3 is 0 Å². The Kier molecular flexibility index (Phi) is 5.77. The van der Waals surface area contributed by atoms with Crippen LogP contribution in [-0.4, -0.2) is 5.91 Å². The zero-order valence-electron chi connectivity index (χ0n) is 15.3. The third-order valence-electron chi connectivity index (χ3n) is 4.07. The largest absolute Gasteiger partial charge is 0.321 e. The minimum Gasteiger partial charge on any atom is -0.321 e. The maximum absolute atomic E-state index is 12.3. The Hall–Kier alpha value is -2.86. The summed E-state index contributed by atoms with van der Waals surface area (Å²) in [5.41, 5.74) is 4.09. The highest BCUT2D eigenvalue weighted by molar-refractivity contribution is 6.09. The van der Waals surface area contributed by atoms with E-state index in [2.05, 4.69) is 33.0 Å². The minimum absolute atomic E-state index is 0.0718. The van der Waals surface area contributed by atoms with Gasteiger partial charge in [-0.1, -0.05) is 64.1 Å². The molecule has 2 aromatic rings. The summed E-state index contributed by atoms with van der Waals surface area (Å²) in [4.78, 5) is 12.3. The van der Waals surface area contributed by atoms with Crippen molar-refractivity contribution in [1.82, 2.24) is 0 Å². The van der Waals surface area contributed by atoms with Crippen LogP contribution in [0.15, 0.2) is 54.1 Å². The lowest BCUT2D eigenvalue weighted by molar-refractivity contribution is -0.112. The Morgan fingerprint density at radius 2 is 1.68 bits per heavy atom. The minimum atomic E-state index is -0.397. The fraction of sp³-hybridized carbons (Fsp3) is 0.273. The first-order valence-corrected chi connectivity index (χ1v) is 8.46. The van der Waals surface area contributed by atoms with E-state index in [1.165, 1.54) is 11.1 Å². The SMILES string of the molecule is CCc1ccc(NC(=O)/C(C#N)=C/c2ccc(C(C)(C)C)cc2)cc1. The topological polar surface area (TPSA) is 52.9 Å². The Morgan fingerprint density at radius 1 is 1.08 bits per heavy atom. The van der Waals surface area contributed by atoms with Gasteiger partial charge in [0.1, 0.15) is 11.6 Å². The van der Waals surface area contributed by atoms with E-state index in [-0.39, 0.29) is 11.0 Å². The first-order valence-electron chi connectivity index (χ1n) is 8.46. The van der Waals surface area contributed by atoms with Crippen molar-refractivity contribution in [3.63, 3.8) is 0 Å². The number of carbonyl (C=O) groups excluding carboxylic acids is 1. The molecule has 1 amide bonds. The fourth-order valence-corrected chi connectivity index (χ4v) is 2.42. The highest BCUT2D eigenvalue weighted by Gasteiger charge is 2.13. The van der Waals surface area contributed by atoms with Gasteiger partial charge in [0.2, 0.25) is 0 Å². The second-order valence-corrected chi connectivity index (χ2v) is 7.05. The molecule has 2 rings (SSSR count). The molecule has 2 aromatic carbocycles. The van der Waals surface area contributed by atoms with Crippen LogP contribution >= 0.6 is 0 Å². The highest BCUT2D eigenvalue weighted by Crippen LogP contribution is 2.23. The van der Waals surface area contributed by atoms with Crippen molar-refractivity contribution in [3.05, 3.63) is 70.8 Å². The number of aryl methyl sites for hydroxylation is 1. The van der Waals surface area contributed by atoms with Gasteiger partial charge in [-0.2, -0.15) is 5.26 Å². The maximum atomic E-state index is 12.3. The molecule has 3 heteroatoms. The molecule has 0 unspecified atom stereocenters. The van der Waals surface area contributed by atoms with Crippen LogP contribution < -0.4 is 5.32 Å². The van der Waals surface area contributed by atoms with Gasteiger partial charge in [-0.25, -0.2) is 0 Å². The average Bonchev–Trinajstić information content (AvgIpc) is 2.60. The normalized spacial score (nSPS) is 11.7. The number of nitrogens with one attached hydrogen (secondary N) is 1. The van der Waals surface area contributed by atoms with Crippen LogP contribution in [0.5, 0.6) is 0 Å². The molecule has 0 aliphatic rings. The zero-order chi connectivity index (χ0) is 18.4. The molecule has 0 heterocycles. The standard InChI is InChI=1S/C22H24N2O/c1-5-16-8-12-20(13-9-16)24-21(25)18(15-23)14-17-6-10-19(11-7-17)22(2,3)4/h6-14H,5H2,1-4H3,(H,24,25)/b18-14+. The molecule has 0 spiro atoms. The molecular weight excluding hydrogens is 308 g/mol. The second kappa shape index (κ2) is 7.81. The lowest BCUT2D eigenvalue weighted by Crippen LogP contribution is -2.13. The number of carbonyl (C=O) groups is 1. The van der Waals surface area contributed by atoms with Gasteiger partial charge in [0.05, 0.1) is 0 Å². The number of amides is 1. The summed E-state index contributed by atoms with van der Waals surface area (Å²) in [6.45, 7) is 8.52. The van der Waals surface area contributed by atoms with E-state index in [1.54, 1.807) is 6.08 Å². The third-order valence-corrected chi connectivity index (χ3v) is 4.07. The molecule has 25 heavy (non-hydrogen) atoms. The molecule has 0 aliphatic carbocycles. The molecular formula is C22H24N2O. The molecule has 0 atom stereocenters. The molecule has 0 aromatic heterocycles. The van der Waals surface area contributed by atoms with Crippen molar-refractivity contribution >= 4 is 17.7 Å². The number of anilines is 1. The quantitative estimate of drug-likeness (QED) is 0.626. The van der Waals surface area contributed by atoms with Crippen LogP contribution in [0, 0.1) is 11.3 Å². The monoisotopic (exact) mass is 332 g/mol. The van der Waals surface area contributed by atoms with E-state index in [4.69, 9.17) is 0 Å². The van der Waals surface area contributed by atoms with Gasteiger partial charge in [-0.3, -0.25) is 4.79 Å². The lowest BCUT2D eigenvalue weighted by Gasteiger charge is -2.18. The highest BCUT2D eigenvalue weighted by atomic mass is 16.1. The molecule has 0 radical (unpaired) electrons. The van der Waals surface area contributed by atoms with Crippen LogP contribution in [0.1, 0.15) is 44.4 Å². The Bertz CT molecular complexity index is 801. The molecule has 0 fully saturated rings. The summed E-state index contributed by atoms with van der Waals surface area (Å²) in [5.74, 6) is -0.397. The van der Waals surface area contributed by atoms with E-state index in [1.807, 2.05) is 54.6 Å².